The highest BCUT2D eigenvalue weighted by atomic mass is 16.6. The molecule has 1 atom stereocenters. The van der Waals surface area contributed by atoms with Crippen LogP contribution in [0.4, 0.5) is 0 Å². The van der Waals surface area contributed by atoms with Crippen LogP contribution in [0.15, 0.2) is 12.2 Å². The zero-order valence-corrected chi connectivity index (χ0v) is 48.3. The van der Waals surface area contributed by atoms with Gasteiger partial charge in [-0.15, -0.1) is 0 Å². The third kappa shape index (κ3) is 58.9. The van der Waals surface area contributed by atoms with Crippen LogP contribution in [-0.2, 0) is 28.6 Å². The van der Waals surface area contributed by atoms with Gasteiger partial charge >= 0.3 is 17.9 Å². The minimum absolute atomic E-state index is 0.0684. The van der Waals surface area contributed by atoms with Crippen molar-refractivity contribution in [2.45, 2.75) is 374 Å². The topological polar surface area (TPSA) is 78.9 Å². The Bertz CT molecular complexity index is 1100. The molecule has 0 spiro atoms. The highest BCUT2D eigenvalue weighted by Crippen LogP contribution is 2.18. The summed E-state index contributed by atoms with van der Waals surface area (Å²) in [4.78, 5) is 37.9. The van der Waals surface area contributed by atoms with Crippen LogP contribution in [0.25, 0.3) is 0 Å². The van der Waals surface area contributed by atoms with Crippen molar-refractivity contribution in [1.82, 2.24) is 0 Å². The lowest BCUT2D eigenvalue weighted by Gasteiger charge is -2.18. The van der Waals surface area contributed by atoms with Crippen LogP contribution in [0.2, 0.25) is 0 Å². The molecule has 420 valence electrons. The van der Waals surface area contributed by atoms with Crippen LogP contribution < -0.4 is 0 Å². The first-order chi connectivity index (χ1) is 35.0. The Balaban J connectivity index is 3.86. The summed E-state index contributed by atoms with van der Waals surface area (Å²) in [7, 11) is 0. The van der Waals surface area contributed by atoms with Gasteiger partial charge in [0.1, 0.15) is 13.2 Å². The maximum atomic E-state index is 12.8. The van der Waals surface area contributed by atoms with Crippen molar-refractivity contribution >= 4 is 17.9 Å². The number of unbranched alkanes of at least 4 members (excludes halogenated alkanes) is 47. The number of carbonyl (C=O) groups is 3. The van der Waals surface area contributed by atoms with E-state index in [1.54, 1.807) is 0 Å². The Morgan fingerprint density at radius 3 is 0.746 bits per heavy atom. The highest BCUT2D eigenvalue weighted by molar-refractivity contribution is 5.71. The van der Waals surface area contributed by atoms with E-state index in [1.165, 1.54) is 263 Å². The zero-order valence-electron chi connectivity index (χ0n) is 48.3. The number of rotatable bonds is 60. The second-order valence-electron chi connectivity index (χ2n) is 22.0. The number of ether oxygens (including phenoxy) is 3. The van der Waals surface area contributed by atoms with Gasteiger partial charge in [-0.2, -0.15) is 0 Å². The SMILES string of the molecule is CCCC/C=C\CCCCCCCC(=O)OC(COC(=O)CCCCCCCCCC)COC(=O)CCCCCCCCCCCCCCCCCCCCCCCCCCCCCCCCCCCC. The van der Waals surface area contributed by atoms with Gasteiger partial charge in [0.05, 0.1) is 0 Å². The molecular weight excluding hydrogens is 877 g/mol. The molecule has 0 saturated carbocycles. The molecule has 0 aliphatic carbocycles. The molecule has 0 N–H and O–H groups in total. The average Bonchev–Trinajstić information content (AvgIpc) is 3.37. The fourth-order valence-electron chi connectivity index (χ4n) is 9.90. The molecule has 0 amide bonds. The number of hydrogen-bond donors (Lipinski definition) is 0. The van der Waals surface area contributed by atoms with Crippen molar-refractivity contribution in [2.75, 3.05) is 13.2 Å². The maximum absolute atomic E-state index is 12.8. The van der Waals surface area contributed by atoms with Crippen molar-refractivity contribution in [3.8, 4) is 0 Å². The summed E-state index contributed by atoms with van der Waals surface area (Å²) in [6.07, 6.45) is 71.4. The van der Waals surface area contributed by atoms with E-state index in [4.69, 9.17) is 14.2 Å². The van der Waals surface area contributed by atoms with Gasteiger partial charge in [-0.25, -0.2) is 0 Å². The number of esters is 3. The molecule has 0 rings (SSSR count). The van der Waals surface area contributed by atoms with Crippen LogP contribution in [0.1, 0.15) is 367 Å². The number of hydrogen-bond acceptors (Lipinski definition) is 6. The molecule has 71 heavy (non-hydrogen) atoms. The van der Waals surface area contributed by atoms with Crippen molar-refractivity contribution in [3.63, 3.8) is 0 Å². The molecule has 0 heterocycles. The molecule has 0 aromatic heterocycles. The third-order valence-corrected chi connectivity index (χ3v) is 14.8. The summed E-state index contributed by atoms with van der Waals surface area (Å²) in [6.45, 7) is 6.62. The molecule has 0 fully saturated rings. The molecule has 0 bridgehead atoms. The summed E-state index contributed by atoms with van der Waals surface area (Å²) < 4.78 is 16.8. The van der Waals surface area contributed by atoms with E-state index in [0.29, 0.717) is 19.3 Å². The second-order valence-corrected chi connectivity index (χ2v) is 22.0. The Morgan fingerprint density at radius 1 is 0.268 bits per heavy atom. The Hall–Kier alpha value is -1.85. The molecule has 0 radical (unpaired) electrons. The third-order valence-electron chi connectivity index (χ3n) is 14.8. The predicted molar refractivity (Wildman–Crippen MR) is 307 cm³/mol. The first kappa shape index (κ1) is 69.2. The van der Waals surface area contributed by atoms with Gasteiger partial charge in [0.15, 0.2) is 6.10 Å². The molecule has 6 nitrogen and oxygen atoms in total. The van der Waals surface area contributed by atoms with Gasteiger partial charge in [-0.1, -0.05) is 322 Å². The normalized spacial score (nSPS) is 12.0. The Labute approximate surface area is 443 Å². The van der Waals surface area contributed by atoms with E-state index in [1.807, 2.05) is 0 Å². The van der Waals surface area contributed by atoms with E-state index in [2.05, 4.69) is 32.9 Å². The van der Waals surface area contributed by atoms with Crippen LogP contribution in [0.3, 0.4) is 0 Å². The fraction of sp³-hybridized carbons (Fsp3) is 0.923. The van der Waals surface area contributed by atoms with Gasteiger partial charge < -0.3 is 14.2 Å². The van der Waals surface area contributed by atoms with E-state index in [0.717, 1.165) is 64.2 Å². The van der Waals surface area contributed by atoms with Crippen molar-refractivity contribution in [2.24, 2.45) is 0 Å². The Kier molecular flexibility index (Phi) is 59.1. The highest BCUT2D eigenvalue weighted by Gasteiger charge is 2.19. The van der Waals surface area contributed by atoms with Gasteiger partial charge in [0, 0.05) is 19.3 Å². The summed E-state index contributed by atoms with van der Waals surface area (Å²) >= 11 is 0. The standard InChI is InChI=1S/C65H124O6/c1-4-7-10-13-16-19-21-22-23-24-25-26-27-28-29-30-31-32-33-34-35-36-37-38-39-40-41-42-43-45-46-49-52-55-58-64(67)70-61-62(60-69-63(66)57-54-51-48-18-15-12-9-6-3)71-65(68)59-56-53-50-47-44-20-17-14-11-8-5-2/h14,17,62H,4-13,15-16,18-61H2,1-3H3/b17-14-. The van der Waals surface area contributed by atoms with Crippen LogP contribution in [0.5, 0.6) is 0 Å². The molecule has 0 aromatic rings. The molecule has 0 saturated heterocycles. The molecule has 6 heteroatoms. The minimum atomic E-state index is -0.767. The quantitative estimate of drug-likeness (QED) is 0.0261. The summed E-state index contributed by atoms with van der Waals surface area (Å²) in [5.41, 5.74) is 0. The van der Waals surface area contributed by atoms with Crippen molar-refractivity contribution < 1.29 is 28.6 Å². The smallest absolute Gasteiger partial charge is 0.306 e. The van der Waals surface area contributed by atoms with E-state index in [-0.39, 0.29) is 31.1 Å². The van der Waals surface area contributed by atoms with Gasteiger partial charge in [-0.05, 0) is 38.5 Å². The molecule has 0 aliphatic heterocycles. The summed E-state index contributed by atoms with van der Waals surface area (Å²) in [5.74, 6) is -0.863. The minimum Gasteiger partial charge on any atom is -0.462 e. The lowest BCUT2D eigenvalue weighted by molar-refractivity contribution is -0.167. The van der Waals surface area contributed by atoms with Crippen LogP contribution in [-0.4, -0.2) is 37.2 Å². The number of allylic oxidation sites excluding steroid dienone is 2. The van der Waals surface area contributed by atoms with Crippen molar-refractivity contribution in [1.29, 1.82) is 0 Å². The molecule has 0 aromatic carbocycles. The fourth-order valence-corrected chi connectivity index (χ4v) is 9.90. The first-order valence-electron chi connectivity index (χ1n) is 32.2. The van der Waals surface area contributed by atoms with E-state index in [9.17, 15) is 14.4 Å². The van der Waals surface area contributed by atoms with Gasteiger partial charge in [0.25, 0.3) is 0 Å². The largest absolute Gasteiger partial charge is 0.462 e. The lowest BCUT2D eigenvalue weighted by Crippen LogP contribution is -2.30. The van der Waals surface area contributed by atoms with Gasteiger partial charge in [0.2, 0.25) is 0 Å². The predicted octanol–water partition coefficient (Wildman–Crippen LogP) is 21.7. The van der Waals surface area contributed by atoms with Gasteiger partial charge in [-0.3, -0.25) is 14.4 Å². The molecule has 0 aliphatic rings. The zero-order chi connectivity index (χ0) is 51.4. The first-order valence-corrected chi connectivity index (χ1v) is 32.2. The number of carbonyl (C=O) groups excluding carboxylic acids is 3. The summed E-state index contributed by atoms with van der Waals surface area (Å²) in [6, 6.07) is 0. The second kappa shape index (κ2) is 60.7. The van der Waals surface area contributed by atoms with Crippen LogP contribution in [0, 0.1) is 0 Å². The lowest BCUT2D eigenvalue weighted by atomic mass is 10.0. The van der Waals surface area contributed by atoms with E-state index >= 15 is 0 Å². The monoisotopic (exact) mass is 1000 g/mol. The molecule has 1 unspecified atom stereocenters. The van der Waals surface area contributed by atoms with E-state index < -0.39 is 6.10 Å². The Morgan fingerprint density at radius 2 is 0.479 bits per heavy atom. The molecular formula is C65H124O6. The van der Waals surface area contributed by atoms with Crippen LogP contribution >= 0.6 is 0 Å². The summed E-state index contributed by atoms with van der Waals surface area (Å²) in [5, 5.41) is 0. The van der Waals surface area contributed by atoms with Crippen molar-refractivity contribution in [3.05, 3.63) is 12.2 Å². The maximum Gasteiger partial charge on any atom is 0.306 e. The average molecular weight is 1000 g/mol.